The van der Waals surface area contributed by atoms with Crippen LogP contribution in [0.25, 0.3) is 6.08 Å². The third-order valence-electron chi connectivity index (χ3n) is 6.82. The summed E-state index contributed by atoms with van der Waals surface area (Å²) < 4.78 is 5.69. The van der Waals surface area contributed by atoms with E-state index in [4.69, 9.17) is 4.74 Å². The van der Waals surface area contributed by atoms with Crippen molar-refractivity contribution in [3.05, 3.63) is 58.0 Å². The summed E-state index contributed by atoms with van der Waals surface area (Å²) in [5.41, 5.74) is 4.72. The fourth-order valence-electron chi connectivity index (χ4n) is 5.26. The maximum atomic E-state index is 13.1. The number of carbonyl (C=O) groups excluding carboxylic acids is 3. The van der Waals surface area contributed by atoms with E-state index in [1.807, 2.05) is 31.2 Å². The second kappa shape index (κ2) is 10.0. The first kappa shape index (κ1) is 25.8. The van der Waals surface area contributed by atoms with Gasteiger partial charge in [0.05, 0.1) is 12.0 Å². The number of amides is 3. The zero-order chi connectivity index (χ0) is 26.2. The molecule has 0 bridgehead atoms. The van der Waals surface area contributed by atoms with Gasteiger partial charge in [-0.15, -0.1) is 0 Å². The molecule has 0 spiro atoms. The van der Waals surface area contributed by atoms with Crippen molar-refractivity contribution in [1.29, 1.82) is 0 Å². The molecule has 2 aliphatic heterocycles. The molecule has 0 aromatic heterocycles. The molecular formula is C28H33N3O4S. The Hall–Kier alpha value is -3.26. The Morgan fingerprint density at radius 1 is 1.25 bits per heavy atom. The highest BCUT2D eigenvalue weighted by atomic mass is 32.2. The van der Waals surface area contributed by atoms with E-state index in [1.54, 1.807) is 19.3 Å². The monoisotopic (exact) mass is 507 g/mol. The summed E-state index contributed by atoms with van der Waals surface area (Å²) >= 11 is 0.842. The largest absolute Gasteiger partial charge is 0.496 e. The number of ether oxygens (including phenoxy) is 1. The minimum Gasteiger partial charge on any atom is -0.496 e. The maximum absolute atomic E-state index is 13.1. The Morgan fingerprint density at radius 3 is 2.67 bits per heavy atom. The van der Waals surface area contributed by atoms with Crippen molar-refractivity contribution < 1.29 is 19.1 Å². The topological polar surface area (TPSA) is 79.0 Å². The van der Waals surface area contributed by atoms with E-state index in [-0.39, 0.29) is 17.0 Å². The lowest BCUT2D eigenvalue weighted by atomic mass is 9.79. The van der Waals surface area contributed by atoms with Crippen LogP contribution < -0.4 is 15.0 Å². The Kier molecular flexibility index (Phi) is 7.18. The minimum atomic E-state index is -0.478. The Balaban J connectivity index is 1.59. The summed E-state index contributed by atoms with van der Waals surface area (Å²) in [6.45, 7) is 11.3. The van der Waals surface area contributed by atoms with E-state index < -0.39 is 17.1 Å². The molecule has 1 atom stereocenters. The highest BCUT2D eigenvalue weighted by Gasteiger charge is 2.38. The van der Waals surface area contributed by atoms with Gasteiger partial charge in [-0.05, 0) is 87.2 Å². The van der Waals surface area contributed by atoms with Gasteiger partial charge in [-0.2, -0.15) is 0 Å². The van der Waals surface area contributed by atoms with Gasteiger partial charge in [-0.3, -0.25) is 19.3 Å². The number of anilines is 2. The van der Waals surface area contributed by atoms with Crippen LogP contribution in [0, 0.1) is 6.92 Å². The first-order valence-electron chi connectivity index (χ1n) is 12.2. The van der Waals surface area contributed by atoms with Crippen LogP contribution in [0.3, 0.4) is 0 Å². The van der Waals surface area contributed by atoms with Gasteiger partial charge in [0, 0.05) is 35.1 Å². The molecule has 2 heterocycles. The molecule has 1 saturated heterocycles. The summed E-state index contributed by atoms with van der Waals surface area (Å²) in [6, 6.07) is 11.4. The lowest BCUT2D eigenvalue weighted by molar-refractivity contribution is -0.127. The molecule has 0 radical (unpaired) electrons. The van der Waals surface area contributed by atoms with E-state index in [0.717, 1.165) is 46.4 Å². The van der Waals surface area contributed by atoms with Crippen LogP contribution in [0.1, 0.15) is 56.7 Å². The summed E-state index contributed by atoms with van der Waals surface area (Å²) in [6.07, 6.45) is 2.71. The van der Waals surface area contributed by atoms with Crippen molar-refractivity contribution in [3.63, 3.8) is 0 Å². The average Bonchev–Trinajstić information content (AvgIpc) is 3.06. The van der Waals surface area contributed by atoms with Crippen LogP contribution in [0.2, 0.25) is 0 Å². The molecule has 1 unspecified atom stereocenters. The average molecular weight is 508 g/mol. The Bertz CT molecular complexity index is 1250. The van der Waals surface area contributed by atoms with Crippen molar-refractivity contribution in [3.8, 4) is 5.75 Å². The fourth-order valence-corrected chi connectivity index (χ4v) is 6.09. The smallest absolute Gasteiger partial charge is 0.294 e. The number of nitrogens with zero attached hydrogens (tertiary/aromatic N) is 2. The number of hydrogen-bond acceptors (Lipinski definition) is 6. The molecule has 190 valence electrons. The normalized spacial score (nSPS) is 20.1. The van der Waals surface area contributed by atoms with Crippen LogP contribution >= 0.6 is 11.8 Å². The van der Waals surface area contributed by atoms with Crippen LogP contribution in [0.4, 0.5) is 16.2 Å². The van der Waals surface area contributed by atoms with Gasteiger partial charge < -0.3 is 15.0 Å². The number of fused-ring (bicyclic) bond motifs is 1. The lowest BCUT2D eigenvalue weighted by Crippen LogP contribution is -2.48. The number of thioether (sulfide) groups is 1. The zero-order valence-electron chi connectivity index (χ0n) is 21.7. The molecule has 1 fully saturated rings. The van der Waals surface area contributed by atoms with Crippen LogP contribution in [0.5, 0.6) is 5.75 Å². The van der Waals surface area contributed by atoms with Crippen molar-refractivity contribution >= 4 is 46.3 Å². The number of imide groups is 1. The lowest BCUT2D eigenvalue weighted by Gasteiger charge is -2.47. The molecule has 1 N–H and O–H groups in total. The van der Waals surface area contributed by atoms with E-state index in [2.05, 4.69) is 44.0 Å². The molecule has 2 aliphatic rings. The number of aryl methyl sites for hydroxylation is 1. The van der Waals surface area contributed by atoms with Gasteiger partial charge in [0.1, 0.15) is 12.3 Å². The van der Waals surface area contributed by atoms with Crippen LogP contribution in [-0.2, 0) is 9.59 Å². The minimum absolute atomic E-state index is 0.0232. The predicted molar refractivity (Wildman–Crippen MR) is 146 cm³/mol. The molecular weight excluding hydrogens is 474 g/mol. The van der Waals surface area contributed by atoms with Crippen molar-refractivity contribution in [2.75, 3.05) is 30.4 Å². The number of rotatable bonds is 6. The summed E-state index contributed by atoms with van der Waals surface area (Å²) in [5, 5.41) is 2.29. The zero-order valence-corrected chi connectivity index (χ0v) is 22.5. The number of hydrogen-bond donors (Lipinski definition) is 1. The maximum Gasteiger partial charge on any atom is 0.294 e. The molecule has 7 nitrogen and oxygen atoms in total. The second-order valence-corrected chi connectivity index (χ2v) is 11.0. The third-order valence-corrected chi connectivity index (χ3v) is 7.72. The van der Waals surface area contributed by atoms with Gasteiger partial charge in [-0.25, -0.2) is 0 Å². The van der Waals surface area contributed by atoms with Crippen molar-refractivity contribution in [1.82, 2.24) is 4.90 Å². The van der Waals surface area contributed by atoms with Crippen LogP contribution in [0.15, 0.2) is 41.3 Å². The highest BCUT2D eigenvalue weighted by Crippen LogP contribution is 2.46. The Morgan fingerprint density at radius 2 is 2.00 bits per heavy atom. The number of nitrogens with one attached hydrogen (secondary N) is 1. The van der Waals surface area contributed by atoms with Gasteiger partial charge in [0.2, 0.25) is 5.91 Å². The van der Waals surface area contributed by atoms with E-state index in [1.165, 1.54) is 5.56 Å². The third kappa shape index (κ3) is 5.00. The second-order valence-electron chi connectivity index (χ2n) is 10.0. The summed E-state index contributed by atoms with van der Waals surface area (Å²) in [7, 11) is 1.61. The first-order valence-corrected chi connectivity index (χ1v) is 13.0. The molecule has 4 rings (SSSR count). The van der Waals surface area contributed by atoms with E-state index in [0.29, 0.717) is 17.4 Å². The quantitative estimate of drug-likeness (QED) is 0.499. The molecule has 36 heavy (non-hydrogen) atoms. The van der Waals surface area contributed by atoms with E-state index in [9.17, 15) is 14.4 Å². The van der Waals surface area contributed by atoms with E-state index >= 15 is 0 Å². The van der Waals surface area contributed by atoms with Gasteiger partial charge >= 0.3 is 0 Å². The molecule has 2 aromatic rings. The van der Waals surface area contributed by atoms with Crippen LogP contribution in [-0.4, -0.2) is 47.7 Å². The molecule has 0 saturated carbocycles. The van der Waals surface area contributed by atoms with Gasteiger partial charge in [-0.1, -0.05) is 19.1 Å². The molecule has 0 aliphatic carbocycles. The highest BCUT2D eigenvalue weighted by molar-refractivity contribution is 8.18. The fraction of sp³-hybridized carbons (Fsp3) is 0.393. The van der Waals surface area contributed by atoms with Gasteiger partial charge in [0.25, 0.3) is 11.1 Å². The molecule has 8 heteroatoms. The predicted octanol–water partition coefficient (Wildman–Crippen LogP) is 5.79. The Labute approximate surface area is 216 Å². The first-order chi connectivity index (χ1) is 17.0. The van der Waals surface area contributed by atoms with Crippen molar-refractivity contribution in [2.24, 2.45) is 0 Å². The molecule has 2 aromatic carbocycles. The summed E-state index contributed by atoms with van der Waals surface area (Å²) in [5.74, 6) is 0.0671. The standard InChI is InChI=1S/C28H33N3O4S/c1-7-31-22-14-23(35-6)19(12-21(22)18(3)15-28(31,4)5)13-24-26(33)30(27(34)36-24)16-25(32)29-20-10-8-9-17(2)11-20/h8-14,18H,7,15-16H2,1-6H3,(H,29,32)/b24-13+. The van der Waals surface area contributed by atoms with Gasteiger partial charge in [0.15, 0.2) is 0 Å². The molecule has 3 amide bonds. The number of benzene rings is 2. The number of carbonyl (C=O) groups is 3. The van der Waals surface area contributed by atoms with Crippen molar-refractivity contribution in [2.45, 2.75) is 52.5 Å². The number of methoxy groups -OCH3 is 1. The summed E-state index contributed by atoms with van der Waals surface area (Å²) in [4.78, 5) is 41.9. The SMILES string of the molecule is CCN1c2cc(OC)c(/C=C3/SC(=O)N(CC(=O)Nc4cccc(C)c4)C3=O)cc2C(C)CC1(C)C.